The van der Waals surface area contributed by atoms with Gasteiger partial charge >= 0.3 is 6.01 Å². The lowest BCUT2D eigenvalue weighted by Gasteiger charge is -2.13. The molecule has 1 aromatic rings. The Morgan fingerprint density at radius 2 is 2.25 bits per heavy atom. The summed E-state index contributed by atoms with van der Waals surface area (Å²) in [5.41, 5.74) is 0. The van der Waals surface area contributed by atoms with Gasteiger partial charge in [-0.1, -0.05) is 5.10 Å². The molecule has 0 radical (unpaired) electrons. The molecule has 1 aromatic heterocycles. The van der Waals surface area contributed by atoms with Crippen LogP contribution in [0.3, 0.4) is 0 Å². The Kier molecular flexibility index (Phi) is 6.14. The van der Waals surface area contributed by atoms with Crippen LogP contribution in [0.4, 0.5) is 6.01 Å². The molecule has 1 unspecified atom stereocenters. The molecular formula is C9H16ClN3O3. The van der Waals surface area contributed by atoms with Crippen molar-refractivity contribution >= 4 is 17.6 Å². The number of halogens is 1. The third-order valence-electron chi connectivity index (χ3n) is 1.94. The van der Waals surface area contributed by atoms with E-state index in [0.717, 1.165) is 0 Å². The van der Waals surface area contributed by atoms with Gasteiger partial charge in [0.25, 0.3) is 0 Å². The van der Waals surface area contributed by atoms with E-state index in [9.17, 15) is 0 Å². The molecule has 7 heteroatoms. The standard InChI is InChI=1S/C9H16ClN3O3/c1-14-6-7(15-2)5-11-9-13-12-8(16-9)3-4-10/h7H,3-6H2,1-2H3,(H,11,13). The van der Waals surface area contributed by atoms with Gasteiger partial charge in [0.1, 0.15) is 0 Å². The van der Waals surface area contributed by atoms with E-state index < -0.39 is 0 Å². The molecule has 1 heterocycles. The fourth-order valence-electron chi connectivity index (χ4n) is 1.10. The second kappa shape index (κ2) is 7.43. The molecule has 6 nitrogen and oxygen atoms in total. The summed E-state index contributed by atoms with van der Waals surface area (Å²) < 4.78 is 15.4. The lowest BCUT2D eigenvalue weighted by molar-refractivity contribution is 0.0363. The van der Waals surface area contributed by atoms with Gasteiger partial charge in [-0.3, -0.25) is 0 Å². The fourth-order valence-corrected chi connectivity index (χ4v) is 1.27. The SMILES string of the molecule is COCC(CNc1nnc(CCCl)o1)OC. The van der Waals surface area contributed by atoms with Crippen molar-refractivity contribution in [2.75, 3.05) is 38.6 Å². The number of hydrogen-bond acceptors (Lipinski definition) is 6. The van der Waals surface area contributed by atoms with Crippen molar-refractivity contribution in [2.45, 2.75) is 12.5 Å². The van der Waals surface area contributed by atoms with Gasteiger partial charge in [-0.05, 0) is 0 Å². The predicted octanol–water partition coefficient (Wildman–Crippen LogP) is 0.924. The summed E-state index contributed by atoms with van der Waals surface area (Å²) in [6, 6.07) is 0.373. The van der Waals surface area contributed by atoms with Gasteiger partial charge in [0, 0.05) is 33.1 Å². The highest BCUT2D eigenvalue weighted by Gasteiger charge is 2.09. The van der Waals surface area contributed by atoms with E-state index in [1.54, 1.807) is 14.2 Å². The van der Waals surface area contributed by atoms with Crippen LogP contribution < -0.4 is 5.32 Å². The molecule has 0 amide bonds. The Labute approximate surface area is 99.3 Å². The Balaban J connectivity index is 2.34. The van der Waals surface area contributed by atoms with Crippen LogP contribution in [0.5, 0.6) is 0 Å². The number of anilines is 1. The van der Waals surface area contributed by atoms with Crippen LogP contribution in [0.1, 0.15) is 5.89 Å². The summed E-state index contributed by atoms with van der Waals surface area (Å²) >= 11 is 5.55. The number of alkyl halides is 1. The zero-order valence-electron chi connectivity index (χ0n) is 9.40. The minimum absolute atomic E-state index is 0.0478. The smallest absolute Gasteiger partial charge is 0.315 e. The molecule has 0 aliphatic carbocycles. The molecule has 92 valence electrons. The zero-order chi connectivity index (χ0) is 11.8. The molecule has 0 saturated carbocycles. The van der Waals surface area contributed by atoms with Gasteiger partial charge in [0.05, 0.1) is 12.7 Å². The van der Waals surface area contributed by atoms with Crippen LogP contribution in [0, 0.1) is 0 Å². The van der Waals surface area contributed by atoms with Gasteiger partial charge in [-0.25, -0.2) is 0 Å². The normalized spacial score (nSPS) is 12.7. The lowest BCUT2D eigenvalue weighted by Crippen LogP contribution is -2.26. The van der Waals surface area contributed by atoms with Crippen LogP contribution in [0.2, 0.25) is 0 Å². The van der Waals surface area contributed by atoms with Crippen LogP contribution >= 0.6 is 11.6 Å². The van der Waals surface area contributed by atoms with Gasteiger partial charge in [-0.2, -0.15) is 0 Å². The number of methoxy groups -OCH3 is 2. The van der Waals surface area contributed by atoms with E-state index in [1.807, 2.05) is 0 Å². The molecule has 1 rings (SSSR count). The first-order chi connectivity index (χ1) is 7.80. The van der Waals surface area contributed by atoms with Crippen LogP contribution in [-0.4, -0.2) is 49.6 Å². The highest BCUT2D eigenvalue weighted by Crippen LogP contribution is 2.06. The maximum absolute atomic E-state index is 5.55. The molecular weight excluding hydrogens is 234 g/mol. The average Bonchev–Trinajstić information content (AvgIpc) is 2.72. The quantitative estimate of drug-likeness (QED) is 0.691. The summed E-state index contributed by atoms with van der Waals surface area (Å²) in [6.07, 6.45) is 0.524. The van der Waals surface area contributed by atoms with Gasteiger partial charge in [-0.15, -0.1) is 16.7 Å². The molecule has 16 heavy (non-hydrogen) atoms. The van der Waals surface area contributed by atoms with Crippen molar-refractivity contribution in [3.63, 3.8) is 0 Å². The summed E-state index contributed by atoms with van der Waals surface area (Å²) in [4.78, 5) is 0. The van der Waals surface area contributed by atoms with Crippen molar-refractivity contribution in [3.8, 4) is 0 Å². The van der Waals surface area contributed by atoms with Gasteiger partial charge < -0.3 is 19.2 Å². The minimum Gasteiger partial charge on any atom is -0.408 e. The third kappa shape index (κ3) is 4.34. The van der Waals surface area contributed by atoms with E-state index in [2.05, 4.69) is 15.5 Å². The number of nitrogens with zero attached hydrogens (tertiary/aromatic N) is 2. The maximum Gasteiger partial charge on any atom is 0.315 e. The van der Waals surface area contributed by atoms with E-state index in [0.29, 0.717) is 37.4 Å². The number of aromatic nitrogens is 2. The summed E-state index contributed by atoms with van der Waals surface area (Å²) in [7, 11) is 3.25. The maximum atomic E-state index is 5.55. The first-order valence-electron chi connectivity index (χ1n) is 4.94. The second-order valence-corrected chi connectivity index (χ2v) is 3.51. The number of ether oxygens (including phenoxy) is 2. The average molecular weight is 250 g/mol. The van der Waals surface area contributed by atoms with E-state index in [1.165, 1.54) is 0 Å². The van der Waals surface area contributed by atoms with Crippen LogP contribution in [0.15, 0.2) is 4.42 Å². The van der Waals surface area contributed by atoms with Gasteiger partial charge in [0.2, 0.25) is 5.89 Å². The number of aryl methyl sites for hydroxylation is 1. The number of hydrogen-bond donors (Lipinski definition) is 1. The first kappa shape index (κ1) is 13.2. The molecule has 0 aromatic carbocycles. The van der Waals surface area contributed by atoms with Gasteiger partial charge in [0.15, 0.2) is 0 Å². The third-order valence-corrected chi connectivity index (χ3v) is 2.13. The molecule has 1 N–H and O–H groups in total. The monoisotopic (exact) mass is 249 g/mol. The zero-order valence-corrected chi connectivity index (χ0v) is 10.2. The Bertz CT molecular complexity index is 295. The highest BCUT2D eigenvalue weighted by atomic mass is 35.5. The van der Waals surface area contributed by atoms with Crippen molar-refractivity contribution < 1.29 is 13.9 Å². The number of nitrogens with one attached hydrogen (secondary N) is 1. The van der Waals surface area contributed by atoms with E-state index >= 15 is 0 Å². The Hall–Kier alpha value is -0.850. The van der Waals surface area contributed by atoms with Crippen molar-refractivity contribution in [1.29, 1.82) is 0 Å². The topological polar surface area (TPSA) is 69.4 Å². The lowest BCUT2D eigenvalue weighted by atomic mass is 10.4. The molecule has 0 saturated heterocycles. The number of rotatable bonds is 8. The molecule has 1 atom stereocenters. The molecule has 0 bridgehead atoms. The molecule has 0 aliphatic rings. The van der Waals surface area contributed by atoms with Crippen molar-refractivity contribution in [2.24, 2.45) is 0 Å². The minimum atomic E-state index is -0.0478. The molecule has 0 fully saturated rings. The highest BCUT2D eigenvalue weighted by molar-refractivity contribution is 6.17. The summed E-state index contributed by atoms with van der Waals surface area (Å²) in [6.45, 7) is 1.05. The summed E-state index contributed by atoms with van der Waals surface area (Å²) in [5.74, 6) is 0.990. The molecule has 0 aliphatic heterocycles. The largest absolute Gasteiger partial charge is 0.408 e. The van der Waals surface area contributed by atoms with Crippen LogP contribution in [0.25, 0.3) is 0 Å². The van der Waals surface area contributed by atoms with Crippen LogP contribution in [-0.2, 0) is 15.9 Å². The van der Waals surface area contributed by atoms with Crippen molar-refractivity contribution in [1.82, 2.24) is 10.2 Å². The Morgan fingerprint density at radius 1 is 1.44 bits per heavy atom. The fraction of sp³-hybridized carbons (Fsp3) is 0.778. The predicted molar refractivity (Wildman–Crippen MR) is 59.9 cm³/mol. The second-order valence-electron chi connectivity index (χ2n) is 3.13. The first-order valence-corrected chi connectivity index (χ1v) is 5.47. The van der Waals surface area contributed by atoms with E-state index in [-0.39, 0.29) is 6.10 Å². The van der Waals surface area contributed by atoms with E-state index in [4.69, 9.17) is 25.5 Å². The van der Waals surface area contributed by atoms with Crippen molar-refractivity contribution in [3.05, 3.63) is 5.89 Å². The molecule has 0 spiro atoms. The summed E-state index contributed by atoms with van der Waals surface area (Å²) in [5, 5.41) is 10.6. The Morgan fingerprint density at radius 3 is 2.88 bits per heavy atom.